The molecule has 0 unspecified atom stereocenters. The zero-order chi connectivity index (χ0) is 16.4. The number of hydrogen-bond donors (Lipinski definition) is 1. The van der Waals surface area contributed by atoms with Crippen LogP contribution in [0.1, 0.15) is 39.0 Å². The number of carbonyl (C=O) groups is 2. The van der Waals surface area contributed by atoms with E-state index in [1.807, 2.05) is 4.90 Å². The summed E-state index contributed by atoms with van der Waals surface area (Å²) in [6, 6.07) is 0.342. The molecule has 130 valence electrons. The molecule has 6 heteroatoms. The average molecular weight is 323 g/mol. The van der Waals surface area contributed by atoms with Gasteiger partial charge in [0, 0.05) is 25.7 Å². The number of methoxy groups -OCH3 is 1. The van der Waals surface area contributed by atoms with Crippen LogP contribution in [0.3, 0.4) is 0 Å². The lowest BCUT2D eigenvalue weighted by molar-refractivity contribution is -0.143. The van der Waals surface area contributed by atoms with Gasteiger partial charge < -0.3 is 19.9 Å². The van der Waals surface area contributed by atoms with Crippen LogP contribution in [0.2, 0.25) is 0 Å². The van der Waals surface area contributed by atoms with Crippen LogP contribution >= 0.6 is 0 Å². The van der Waals surface area contributed by atoms with Crippen LogP contribution in [0, 0.1) is 11.3 Å². The van der Waals surface area contributed by atoms with E-state index in [4.69, 9.17) is 4.74 Å². The third-order valence-corrected chi connectivity index (χ3v) is 6.00. The van der Waals surface area contributed by atoms with Crippen LogP contribution in [0.5, 0.6) is 0 Å². The topological polar surface area (TPSA) is 61.9 Å². The molecule has 2 saturated heterocycles. The number of carbonyl (C=O) groups excluding carboxylic acids is 2. The molecule has 3 rings (SSSR count). The normalized spacial score (nSPS) is 30.1. The van der Waals surface area contributed by atoms with Crippen molar-refractivity contribution in [2.45, 2.75) is 45.1 Å². The second-order valence-electron chi connectivity index (χ2n) is 7.31. The number of likely N-dealkylation sites (N-methyl/N-ethyl adjacent to an activating group) is 1. The lowest BCUT2D eigenvalue weighted by atomic mass is 9.91. The maximum Gasteiger partial charge on any atom is 0.317 e. The lowest BCUT2D eigenvalue weighted by Gasteiger charge is -2.36. The molecule has 3 aliphatic rings. The standard InChI is InChI=1S/C17H29N3O3/c1-3-19-8-4-5-13(12-19)18-16(22)20-9-6-17(7-10-20)11-14(17)15(21)23-2/h13-14H,3-12H2,1-2H3,(H,18,22)/t13-,14-/m1/s1. The van der Waals surface area contributed by atoms with Crippen LogP contribution in [0.25, 0.3) is 0 Å². The molecule has 2 amide bonds. The number of nitrogens with zero attached hydrogens (tertiary/aromatic N) is 2. The second-order valence-corrected chi connectivity index (χ2v) is 7.31. The SMILES string of the molecule is CCN1CCC[C@@H](NC(=O)N2CCC3(CC2)C[C@@H]3C(=O)OC)C1. The minimum absolute atomic E-state index is 0.0640. The van der Waals surface area contributed by atoms with Gasteiger partial charge in [-0.25, -0.2) is 4.79 Å². The summed E-state index contributed by atoms with van der Waals surface area (Å²) >= 11 is 0. The van der Waals surface area contributed by atoms with Crippen LogP contribution in [-0.4, -0.2) is 67.7 Å². The van der Waals surface area contributed by atoms with E-state index in [1.165, 1.54) is 7.11 Å². The van der Waals surface area contributed by atoms with Crippen molar-refractivity contribution >= 4 is 12.0 Å². The van der Waals surface area contributed by atoms with Crippen molar-refractivity contribution in [3.8, 4) is 0 Å². The third kappa shape index (κ3) is 3.47. The maximum atomic E-state index is 12.5. The van der Waals surface area contributed by atoms with Gasteiger partial charge in [0.2, 0.25) is 0 Å². The molecule has 0 radical (unpaired) electrons. The molecule has 1 aliphatic carbocycles. The van der Waals surface area contributed by atoms with Crippen LogP contribution < -0.4 is 5.32 Å². The number of amides is 2. The van der Waals surface area contributed by atoms with Crippen molar-refractivity contribution in [3.05, 3.63) is 0 Å². The first-order valence-corrected chi connectivity index (χ1v) is 8.93. The van der Waals surface area contributed by atoms with Crippen LogP contribution in [-0.2, 0) is 9.53 Å². The van der Waals surface area contributed by atoms with Gasteiger partial charge in [-0.2, -0.15) is 0 Å². The molecule has 3 fully saturated rings. The number of nitrogens with one attached hydrogen (secondary N) is 1. The predicted molar refractivity (Wildman–Crippen MR) is 87.0 cm³/mol. The molecule has 0 aromatic carbocycles. The number of ether oxygens (including phenoxy) is 1. The average Bonchev–Trinajstić information content (AvgIpc) is 3.28. The summed E-state index contributed by atoms with van der Waals surface area (Å²) in [4.78, 5) is 28.4. The highest BCUT2D eigenvalue weighted by Crippen LogP contribution is 2.59. The van der Waals surface area contributed by atoms with Gasteiger partial charge in [0.05, 0.1) is 13.0 Å². The van der Waals surface area contributed by atoms with Crippen molar-refractivity contribution in [1.82, 2.24) is 15.1 Å². The van der Waals surface area contributed by atoms with E-state index in [0.717, 1.165) is 64.8 Å². The first kappa shape index (κ1) is 16.6. The number of likely N-dealkylation sites (tertiary alicyclic amines) is 2. The van der Waals surface area contributed by atoms with Gasteiger partial charge in [-0.05, 0) is 50.6 Å². The summed E-state index contributed by atoms with van der Waals surface area (Å²) in [5, 5.41) is 3.20. The molecular weight excluding hydrogens is 294 g/mol. The van der Waals surface area contributed by atoms with Gasteiger partial charge in [-0.3, -0.25) is 4.79 Å². The fraction of sp³-hybridized carbons (Fsp3) is 0.882. The first-order chi connectivity index (χ1) is 11.1. The molecule has 0 aromatic rings. The zero-order valence-corrected chi connectivity index (χ0v) is 14.3. The lowest BCUT2D eigenvalue weighted by Crippen LogP contribution is -2.53. The number of piperidine rings is 2. The summed E-state index contributed by atoms with van der Waals surface area (Å²) in [5.41, 5.74) is 0.119. The molecule has 1 N–H and O–H groups in total. The van der Waals surface area contributed by atoms with Gasteiger partial charge in [0.1, 0.15) is 0 Å². The predicted octanol–water partition coefficient (Wildman–Crippen LogP) is 1.46. The van der Waals surface area contributed by atoms with Gasteiger partial charge in [0.15, 0.2) is 0 Å². The van der Waals surface area contributed by atoms with Crippen LogP contribution in [0.15, 0.2) is 0 Å². The largest absolute Gasteiger partial charge is 0.469 e. The number of esters is 1. The third-order valence-electron chi connectivity index (χ3n) is 6.00. The van der Waals surface area contributed by atoms with Crippen molar-refractivity contribution in [3.63, 3.8) is 0 Å². The minimum Gasteiger partial charge on any atom is -0.469 e. The van der Waals surface area contributed by atoms with Crippen molar-refractivity contribution in [2.75, 3.05) is 39.8 Å². The van der Waals surface area contributed by atoms with Gasteiger partial charge in [-0.15, -0.1) is 0 Å². The monoisotopic (exact) mass is 323 g/mol. The molecular formula is C17H29N3O3. The van der Waals surface area contributed by atoms with E-state index < -0.39 is 0 Å². The van der Waals surface area contributed by atoms with Crippen molar-refractivity contribution < 1.29 is 14.3 Å². The molecule has 1 saturated carbocycles. The molecule has 2 heterocycles. The zero-order valence-electron chi connectivity index (χ0n) is 14.3. The number of hydrogen-bond acceptors (Lipinski definition) is 4. The van der Waals surface area contributed by atoms with E-state index in [-0.39, 0.29) is 29.4 Å². The molecule has 6 nitrogen and oxygen atoms in total. The van der Waals surface area contributed by atoms with E-state index in [9.17, 15) is 9.59 Å². The first-order valence-electron chi connectivity index (χ1n) is 8.93. The van der Waals surface area contributed by atoms with Gasteiger partial charge >= 0.3 is 12.0 Å². The Hall–Kier alpha value is -1.30. The van der Waals surface area contributed by atoms with E-state index in [2.05, 4.69) is 17.1 Å². The smallest absolute Gasteiger partial charge is 0.317 e. The molecule has 23 heavy (non-hydrogen) atoms. The highest BCUT2D eigenvalue weighted by molar-refractivity contribution is 5.77. The summed E-state index contributed by atoms with van der Waals surface area (Å²) in [6.45, 7) is 6.83. The highest BCUT2D eigenvalue weighted by Gasteiger charge is 2.59. The molecule has 0 aromatic heterocycles. The number of rotatable bonds is 3. The Morgan fingerprint density at radius 1 is 1.26 bits per heavy atom. The van der Waals surface area contributed by atoms with Gasteiger partial charge in [0.25, 0.3) is 0 Å². The Labute approximate surface area is 138 Å². The van der Waals surface area contributed by atoms with Crippen molar-refractivity contribution in [2.24, 2.45) is 11.3 Å². The summed E-state index contributed by atoms with van der Waals surface area (Å²) in [5.74, 6) is -0.0149. The molecule has 1 spiro atoms. The summed E-state index contributed by atoms with van der Waals surface area (Å²) in [7, 11) is 1.46. The minimum atomic E-state index is -0.0789. The Balaban J connectivity index is 1.45. The van der Waals surface area contributed by atoms with Gasteiger partial charge in [-0.1, -0.05) is 6.92 Å². The number of urea groups is 1. The van der Waals surface area contributed by atoms with E-state index >= 15 is 0 Å². The van der Waals surface area contributed by atoms with Crippen molar-refractivity contribution in [1.29, 1.82) is 0 Å². The fourth-order valence-electron chi connectivity index (χ4n) is 4.26. The Kier molecular flexibility index (Phi) is 4.80. The second kappa shape index (κ2) is 6.67. The fourth-order valence-corrected chi connectivity index (χ4v) is 4.26. The Morgan fingerprint density at radius 3 is 2.65 bits per heavy atom. The summed E-state index contributed by atoms with van der Waals surface area (Å²) in [6.07, 6.45) is 5.01. The van der Waals surface area contributed by atoms with E-state index in [1.54, 1.807) is 0 Å². The van der Waals surface area contributed by atoms with E-state index in [0.29, 0.717) is 0 Å². The molecule has 2 atom stereocenters. The Bertz CT molecular complexity index is 460. The molecule has 0 bridgehead atoms. The maximum absolute atomic E-state index is 12.5. The molecule has 2 aliphatic heterocycles. The highest BCUT2D eigenvalue weighted by atomic mass is 16.5. The summed E-state index contributed by atoms with van der Waals surface area (Å²) < 4.78 is 4.86. The Morgan fingerprint density at radius 2 is 2.00 bits per heavy atom. The quantitative estimate of drug-likeness (QED) is 0.799. The van der Waals surface area contributed by atoms with Crippen LogP contribution in [0.4, 0.5) is 4.79 Å².